The molecule has 0 amide bonds. The number of hydrogen-bond acceptors (Lipinski definition) is 3. The molecule has 1 atom stereocenters. The quantitative estimate of drug-likeness (QED) is 0.797. The first-order chi connectivity index (χ1) is 11.3. The summed E-state index contributed by atoms with van der Waals surface area (Å²) in [4.78, 5) is 27.6. The second-order valence-electron chi connectivity index (χ2n) is 7.72. The van der Waals surface area contributed by atoms with Gasteiger partial charge in [-0.15, -0.1) is 17.9 Å². The van der Waals surface area contributed by atoms with E-state index in [0.29, 0.717) is 19.0 Å². The summed E-state index contributed by atoms with van der Waals surface area (Å²) in [7, 11) is 0. The van der Waals surface area contributed by atoms with Gasteiger partial charge in [-0.3, -0.25) is 13.9 Å². The van der Waals surface area contributed by atoms with Crippen molar-refractivity contribution in [2.75, 3.05) is 0 Å². The van der Waals surface area contributed by atoms with Crippen molar-refractivity contribution in [1.82, 2.24) is 9.13 Å². The van der Waals surface area contributed by atoms with Gasteiger partial charge in [0.05, 0.1) is 5.39 Å². The molecule has 2 aromatic heterocycles. The Bertz CT molecular complexity index is 909. The third-order valence-corrected chi connectivity index (χ3v) is 6.54. The van der Waals surface area contributed by atoms with Crippen LogP contribution in [-0.4, -0.2) is 9.13 Å². The molecule has 130 valence electrons. The molecule has 0 N–H and O–H groups in total. The van der Waals surface area contributed by atoms with Crippen LogP contribution in [0.1, 0.15) is 44.6 Å². The van der Waals surface area contributed by atoms with Crippen molar-refractivity contribution in [2.24, 2.45) is 11.3 Å². The summed E-state index contributed by atoms with van der Waals surface area (Å²) in [6.07, 6.45) is 4.77. The van der Waals surface area contributed by atoms with Crippen LogP contribution >= 0.6 is 11.3 Å². The molecule has 0 aromatic carbocycles. The normalized spacial score (nSPS) is 17.9. The summed E-state index contributed by atoms with van der Waals surface area (Å²) >= 11 is 1.64. The fourth-order valence-electron chi connectivity index (χ4n) is 3.74. The molecular weight excluding hydrogens is 320 g/mol. The van der Waals surface area contributed by atoms with E-state index in [4.69, 9.17) is 0 Å². The maximum absolute atomic E-state index is 12.9. The van der Waals surface area contributed by atoms with Crippen LogP contribution in [0.3, 0.4) is 0 Å². The average molecular weight is 346 g/mol. The first-order valence-electron chi connectivity index (χ1n) is 8.68. The van der Waals surface area contributed by atoms with Gasteiger partial charge in [0.2, 0.25) is 0 Å². The van der Waals surface area contributed by atoms with Crippen LogP contribution < -0.4 is 11.2 Å². The number of fused-ring (bicyclic) bond motifs is 3. The molecular formula is C19H26N2O2S. The van der Waals surface area contributed by atoms with Crippen LogP contribution in [0.15, 0.2) is 22.2 Å². The number of aryl methyl sites for hydroxylation is 1. The molecule has 4 nitrogen and oxygen atoms in total. The molecule has 0 aliphatic heterocycles. The lowest BCUT2D eigenvalue weighted by atomic mass is 9.72. The Morgan fingerprint density at radius 1 is 1.29 bits per heavy atom. The third-order valence-electron chi connectivity index (χ3n) is 5.27. The highest BCUT2D eigenvalue weighted by Crippen LogP contribution is 2.42. The average Bonchev–Trinajstić information content (AvgIpc) is 2.89. The Hall–Kier alpha value is -1.62. The SMILES string of the molecule is C=CCn1c(=O)n(CC)c(=O)c2c3c(sc21)CC(C(C)(C)C)CC3. The van der Waals surface area contributed by atoms with Crippen LogP contribution in [0.25, 0.3) is 10.2 Å². The maximum atomic E-state index is 12.9. The van der Waals surface area contributed by atoms with Gasteiger partial charge < -0.3 is 0 Å². The molecule has 1 aliphatic carbocycles. The van der Waals surface area contributed by atoms with E-state index in [9.17, 15) is 9.59 Å². The van der Waals surface area contributed by atoms with Crippen molar-refractivity contribution in [1.29, 1.82) is 0 Å². The molecule has 5 heteroatoms. The van der Waals surface area contributed by atoms with Gasteiger partial charge in [0.1, 0.15) is 4.83 Å². The number of allylic oxidation sites excluding steroid dienone is 1. The second-order valence-corrected chi connectivity index (χ2v) is 8.80. The Kier molecular flexibility index (Phi) is 4.32. The first kappa shape index (κ1) is 17.2. The van der Waals surface area contributed by atoms with E-state index in [1.165, 1.54) is 15.0 Å². The minimum absolute atomic E-state index is 0.121. The molecule has 0 radical (unpaired) electrons. The smallest absolute Gasteiger partial charge is 0.280 e. The number of aromatic nitrogens is 2. The zero-order chi connectivity index (χ0) is 17.6. The molecule has 3 rings (SSSR count). The van der Waals surface area contributed by atoms with Gasteiger partial charge in [0.15, 0.2) is 0 Å². The van der Waals surface area contributed by atoms with Gasteiger partial charge in [0.25, 0.3) is 5.56 Å². The monoisotopic (exact) mass is 346 g/mol. The van der Waals surface area contributed by atoms with E-state index in [-0.39, 0.29) is 16.7 Å². The lowest BCUT2D eigenvalue weighted by Crippen LogP contribution is -2.39. The van der Waals surface area contributed by atoms with Gasteiger partial charge in [-0.25, -0.2) is 4.79 Å². The van der Waals surface area contributed by atoms with Crippen molar-refractivity contribution in [3.05, 3.63) is 43.9 Å². The van der Waals surface area contributed by atoms with Crippen LogP contribution in [0.5, 0.6) is 0 Å². The molecule has 2 heterocycles. The fourth-order valence-corrected chi connectivity index (χ4v) is 5.17. The van der Waals surface area contributed by atoms with E-state index >= 15 is 0 Å². The maximum Gasteiger partial charge on any atom is 0.332 e. The van der Waals surface area contributed by atoms with Crippen LogP contribution in [0, 0.1) is 11.3 Å². The number of rotatable bonds is 3. The Morgan fingerprint density at radius 3 is 2.58 bits per heavy atom. The minimum atomic E-state index is -0.221. The van der Waals surface area contributed by atoms with Gasteiger partial charge in [0, 0.05) is 18.0 Å². The summed E-state index contributed by atoms with van der Waals surface area (Å²) < 4.78 is 3.07. The molecule has 0 bridgehead atoms. The Labute approximate surface area is 146 Å². The zero-order valence-corrected chi connectivity index (χ0v) is 15.8. The third kappa shape index (κ3) is 2.59. The van der Waals surface area contributed by atoms with Crippen molar-refractivity contribution >= 4 is 21.6 Å². The molecule has 1 aliphatic rings. The van der Waals surface area contributed by atoms with E-state index in [1.54, 1.807) is 22.0 Å². The molecule has 0 spiro atoms. The van der Waals surface area contributed by atoms with Gasteiger partial charge in [-0.1, -0.05) is 26.8 Å². The van der Waals surface area contributed by atoms with E-state index in [1.807, 2.05) is 6.92 Å². The van der Waals surface area contributed by atoms with Crippen molar-refractivity contribution < 1.29 is 0 Å². The molecule has 0 saturated carbocycles. The lowest BCUT2D eigenvalue weighted by molar-refractivity contribution is 0.218. The first-order valence-corrected chi connectivity index (χ1v) is 9.50. The molecule has 1 unspecified atom stereocenters. The van der Waals surface area contributed by atoms with E-state index in [2.05, 4.69) is 27.4 Å². The van der Waals surface area contributed by atoms with E-state index < -0.39 is 0 Å². The topological polar surface area (TPSA) is 44.0 Å². The summed E-state index contributed by atoms with van der Waals surface area (Å²) in [5.74, 6) is 0.617. The van der Waals surface area contributed by atoms with Crippen LogP contribution in [0.2, 0.25) is 0 Å². The van der Waals surface area contributed by atoms with Crippen molar-refractivity contribution in [3.8, 4) is 0 Å². The molecule has 0 saturated heterocycles. The van der Waals surface area contributed by atoms with Gasteiger partial charge in [-0.2, -0.15) is 0 Å². The van der Waals surface area contributed by atoms with Crippen LogP contribution in [-0.2, 0) is 25.9 Å². The number of thiophene rings is 1. The molecule has 2 aromatic rings. The largest absolute Gasteiger partial charge is 0.332 e. The highest BCUT2D eigenvalue weighted by molar-refractivity contribution is 7.18. The number of nitrogens with zero attached hydrogens (tertiary/aromatic N) is 2. The van der Waals surface area contributed by atoms with Gasteiger partial charge >= 0.3 is 5.69 Å². The Morgan fingerprint density at radius 2 is 2.00 bits per heavy atom. The number of hydrogen-bond donors (Lipinski definition) is 0. The molecule has 24 heavy (non-hydrogen) atoms. The summed E-state index contributed by atoms with van der Waals surface area (Å²) in [6.45, 7) is 13.3. The highest BCUT2D eigenvalue weighted by atomic mass is 32.1. The van der Waals surface area contributed by atoms with Gasteiger partial charge in [-0.05, 0) is 43.1 Å². The summed E-state index contributed by atoms with van der Waals surface area (Å²) in [5, 5.41) is 0.769. The van der Waals surface area contributed by atoms with E-state index in [0.717, 1.165) is 29.5 Å². The van der Waals surface area contributed by atoms with Crippen molar-refractivity contribution in [2.45, 2.75) is 60.0 Å². The fraction of sp³-hybridized carbons (Fsp3) is 0.579. The lowest BCUT2D eigenvalue weighted by Gasteiger charge is -2.33. The highest BCUT2D eigenvalue weighted by Gasteiger charge is 2.32. The zero-order valence-electron chi connectivity index (χ0n) is 15.0. The predicted molar refractivity (Wildman–Crippen MR) is 101 cm³/mol. The van der Waals surface area contributed by atoms with Crippen LogP contribution in [0.4, 0.5) is 0 Å². The second kappa shape index (κ2) is 6.03. The minimum Gasteiger partial charge on any atom is -0.280 e. The molecule has 0 fully saturated rings. The standard InChI is InChI=1S/C19H26N2O2S/c1-6-10-21-17-15(16(22)20(7-2)18(21)23)13-9-8-12(19(3,4)5)11-14(13)24-17/h6,12H,1,7-11H2,2-5H3. The van der Waals surface area contributed by atoms with Crippen molar-refractivity contribution in [3.63, 3.8) is 0 Å². The summed E-state index contributed by atoms with van der Waals surface area (Å²) in [6, 6.07) is 0. The predicted octanol–water partition coefficient (Wildman–Crippen LogP) is 3.58. The Balaban J connectivity index is 2.29. The summed E-state index contributed by atoms with van der Waals surface area (Å²) in [5.41, 5.74) is 1.10.